The summed E-state index contributed by atoms with van der Waals surface area (Å²) in [6, 6.07) is 19.2. The van der Waals surface area contributed by atoms with E-state index in [0.29, 0.717) is 13.1 Å². The van der Waals surface area contributed by atoms with Crippen LogP contribution < -0.4 is 5.32 Å². The van der Waals surface area contributed by atoms with Crippen molar-refractivity contribution >= 4 is 12.1 Å². The van der Waals surface area contributed by atoms with Crippen LogP contribution in [0.1, 0.15) is 11.1 Å². The van der Waals surface area contributed by atoms with Gasteiger partial charge in [0.15, 0.2) is 0 Å². The van der Waals surface area contributed by atoms with Crippen molar-refractivity contribution in [3.63, 3.8) is 0 Å². The fourth-order valence-corrected chi connectivity index (χ4v) is 2.06. The van der Waals surface area contributed by atoms with E-state index >= 15 is 0 Å². The Labute approximate surface area is 129 Å². The molecule has 0 aliphatic rings. The fourth-order valence-electron chi connectivity index (χ4n) is 2.06. The molecular formula is C17H17N3O2. The van der Waals surface area contributed by atoms with E-state index in [0.717, 1.165) is 11.1 Å². The molecule has 0 atom stereocenters. The predicted molar refractivity (Wildman–Crippen MR) is 83.7 cm³/mol. The zero-order valence-electron chi connectivity index (χ0n) is 12.1. The summed E-state index contributed by atoms with van der Waals surface area (Å²) in [5, 5.41) is 2.58. The summed E-state index contributed by atoms with van der Waals surface area (Å²) in [7, 11) is 0. The second kappa shape index (κ2) is 8.39. The van der Waals surface area contributed by atoms with Gasteiger partial charge in [-0.3, -0.25) is 0 Å². The smallest absolute Gasteiger partial charge is 0.318 e. The van der Waals surface area contributed by atoms with Crippen molar-refractivity contribution in [2.45, 2.75) is 13.1 Å². The molecule has 0 radical (unpaired) electrons. The highest BCUT2D eigenvalue weighted by molar-refractivity contribution is 5.74. The molecule has 2 aromatic carbocycles. The minimum absolute atomic E-state index is 0.0671. The van der Waals surface area contributed by atoms with E-state index in [1.54, 1.807) is 4.90 Å². The van der Waals surface area contributed by atoms with Gasteiger partial charge in [-0.15, -0.1) is 0 Å². The SMILES string of the molecule is O=C=NCNC(=O)N(Cc1ccccc1)Cc1ccccc1. The highest BCUT2D eigenvalue weighted by atomic mass is 16.2. The van der Waals surface area contributed by atoms with E-state index in [4.69, 9.17) is 0 Å². The Morgan fingerprint density at radius 3 is 1.91 bits per heavy atom. The van der Waals surface area contributed by atoms with Crippen molar-refractivity contribution in [2.24, 2.45) is 4.99 Å². The highest BCUT2D eigenvalue weighted by Gasteiger charge is 2.13. The minimum atomic E-state index is -0.272. The Morgan fingerprint density at radius 2 is 1.45 bits per heavy atom. The van der Waals surface area contributed by atoms with Crippen molar-refractivity contribution in [3.8, 4) is 0 Å². The molecule has 5 heteroatoms. The lowest BCUT2D eigenvalue weighted by Crippen LogP contribution is -2.39. The number of isocyanates is 1. The van der Waals surface area contributed by atoms with Crippen LogP contribution in [0.3, 0.4) is 0 Å². The second-order valence-corrected chi connectivity index (χ2v) is 4.72. The molecule has 0 bridgehead atoms. The normalized spacial score (nSPS) is 9.64. The van der Waals surface area contributed by atoms with Crippen LogP contribution in [0.5, 0.6) is 0 Å². The quantitative estimate of drug-likeness (QED) is 0.658. The first-order valence-electron chi connectivity index (χ1n) is 6.94. The van der Waals surface area contributed by atoms with Crippen molar-refractivity contribution in [3.05, 3.63) is 71.8 Å². The lowest BCUT2D eigenvalue weighted by atomic mass is 10.2. The Kier molecular flexibility index (Phi) is 5.91. The average Bonchev–Trinajstić information content (AvgIpc) is 2.56. The summed E-state index contributed by atoms with van der Waals surface area (Å²) < 4.78 is 0. The number of aliphatic imine (C=N–C) groups is 1. The molecule has 0 saturated heterocycles. The summed E-state index contributed by atoms with van der Waals surface area (Å²) in [5.41, 5.74) is 2.07. The first-order chi connectivity index (χ1) is 10.8. The zero-order chi connectivity index (χ0) is 15.6. The molecule has 22 heavy (non-hydrogen) atoms. The monoisotopic (exact) mass is 295 g/mol. The largest absolute Gasteiger partial charge is 0.319 e. The topological polar surface area (TPSA) is 61.8 Å². The first kappa shape index (κ1) is 15.5. The van der Waals surface area contributed by atoms with Crippen molar-refractivity contribution in [2.75, 3.05) is 6.67 Å². The Hall–Kier alpha value is -2.91. The van der Waals surface area contributed by atoms with Gasteiger partial charge in [-0.2, -0.15) is 4.99 Å². The van der Waals surface area contributed by atoms with Crippen LogP contribution in [0, 0.1) is 0 Å². The summed E-state index contributed by atoms with van der Waals surface area (Å²) in [5.74, 6) is 0. The van der Waals surface area contributed by atoms with Gasteiger partial charge in [-0.1, -0.05) is 60.7 Å². The molecule has 0 aliphatic carbocycles. The first-order valence-corrected chi connectivity index (χ1v) is 6.94. The number of rotatable bonds is 6. The molecule has 112 valence electrons. The van der Waals surface area contributed by atoms with Gasteiger partial charge >= 0.3 is 6.03 Å². The summed E-state index contributed by atoms with van der Waals surface area (Å²) >= 11 is 0. The van der Waals surface area contributed by atoms with Crippen LogP contribution in [0.15, 0.2) is 65.7 Å². The maximum atomic E-state index is 12.3. The molecule has 0 heterocycles. The summed E-state index contributed by atoms with van der Waals surface area (Å²) in [6.45, 7) is 0.890. The number of benzene rings is 2. The van der Waals surface area contributed by atoms with E-state index < -0.39 is 0 Å². The molecule has 0 saturated carbocycles. The Morgan fingerprint density at radius 1 is 0.955 bits per heavy atom. The lowest BCUT2D eigenvalue weighted by molar-refractivity contribution is 0.192. The van der Waals surface area contributed by atoms with E-state index in [1.807, 2.05) is 60.7 Å². The maximum absolute atomic E-state index is 12.3. The number of nitrogens with one attached hydrogen (secondary N) is 1. The van der Waals surface area contributed by atoms with E-state index in [-0.39, 0.29) is 12.7 Å². The van der Waals surface area contributed by atoms with Crippen LogP contribution in [0.25, 0.3) is 0 Å². The van der Waals surface area contributed by atoms with Gasteiger partial charge in [0.05, 0.1) is 0 Å². The maximum Gasteiger partial charge on any atom is 0.319 e. The van der Waals surface area contributed by atoms with Crippen LogP contribution in [-0.2, 0) is 17.9 Å². The molecule has 0 unspecified atom stereocenters. The van der Waals surface area contributed by atoms with Crippen molar-refractivity contribution in [1.29, 1.82) is 0 Å². The Bertz CT molecular complexity index is 596. The standard InChI is InChI=1S/C17H17N3O2/c21-14-18-13-19-17(22)20(11-15-7-3-1-4-8-15)12-16-9-5-2-6-10-16/h1-10H,11-13H2,(H,19,22). The third-order valence-electron chi connectivity index (χ3n) is 3.09. The van der Waals surface area contributed by atoms with Crippen molar-refractivity contribution < 1.29 is 9.59 Å². The third-order valence-corrected chi connectivity index (χ3v) is 3.09. The van der Waals surface area contributed by atoms with Gasteiger partial charge in [-0.25, -0.2) is 9.59 Å². The zero-order valence-corrected chi connectivity index (χ0v) is 12.1. The van der Waals surface area contributed by atoms with E-state index in [9.17, 15) is 9.59 Å². The molecule has 0 aliphatic heterocycles. The molecule has 0 fully saturated rings. The highest BCUT2D eigenvalue weighted by Crippen LogP contribution is 2.10. The third kappa shape index (κ3) is 4.89. The van der Waals surface area contributed by atoms with Gasteiger partial charge in [0.25, 0.3) is 0 Å². The summed E-state index contributed by atoms with van der Waals surface area (Å²) in [4.78, 5) is 27.3. The van der Waals surface area contributed by atoms with Crippen LogP contribution in [0.2, 0.25) is 0 Å². The molecule has 5 nitrogen and oxygen atoms in total. The molecule has 2 aromatic rings. The summed E-state index contributed by atoms with van der Waals surface area (Å²) in [6.07, 6.45) is 1.40. The number of hydrogen-bond donors (Lipinski definition) is 1. The molecule has 0 aromatic heterocycles. The average molecular weight is 295 g/mol. The molecule has 0 spiro atoms. The molecule has 1 N–H and O–H groups in total. The molecular weight excluding hydrogens is 278 g/mol. The fraction of sp³-hybridized carbons (Fsp3) is 0.176. The lowest BCUT2D eigenvalue weighted by Gasteiger charge is -2.23. The number of carbonyl (C=O) groups is 1. The number of nitrogens with zero attached hydrogens (tertiary/aromatic N) is 2. The van der Waals surface area contributed by atoms with Gasteiger partial charge < -0.3 is 10.2 Å². The molecule has 2 amide bonds. The minimum Gasteiger partial charge on any atom is -0.318 e. The van der Waals surface area contributed by atoms with Crippen LogP contribution in [0.4, 0.5) is 4.79 Å². The number of urea groups is 1. The van der Waals surface area contributed by atoms with Gasteiger partial charge in [0, 0.05) is 13.1 Å². The van der Waals surface area contributed by atoms with E-state index in [1.165, 1.54) is 6.08 Å². The van der Waals surface area contributed by atoms with Crippen molar-refractivity contribution in [1.82, 2.24) is 10.2 Å². The van der Waals surface area contributed by atoms with Gasteiger partial charge in [0.1, 0.15) is 6.67 Å². The predicted octanol–water partition coefficient (Wildman–Crippen LogP) is 2.69. The number of hydrogen-bond acceptors (Lipinski definition) is 3. The molecule has 2 rings (SSSR count). The Balaban J connectivity index is 2.09. The van der Waals surface area contributed by atoms with Crippen LogP contribution in [-0.4, -0.2) is 23.7 Å². The second-order valence-electron chi connectivity index (χ2n) is 4.72. The van der Waals surface area contributed by atoms with Crippen LogP contribution >= 0.6 is 0 Å². The van der Waals surface area contributed by atoms with E-state index in [2.05, 4.69) is 10.3 Å². The number of carbonyl (C=O) groups excluding carboxylic acids is 2. The van der Waals surface area contributed by atoms with Gasteiger partial charge in [0.2, 0.25) is 6.08 Å². The number of amides is 2. The van der Waals surface area contributed by atoms with Gasteiger partial charge in [-0.05, 0) is 11.1 Å².